The Bertz CT molecular complexity index is 797. The second-order valence-corrected chi connectivity index (χ2v) is 7.37. The second-order valence-electron chi connectivity index (χ2n) is 5.68. The maximum absolute atomic E-state index is 12.3. The molecule has 0 aromatic heterocycles. The van der Waals surface area contributed by atoms with Crippen LogP contribution in [0.4, 0.5) is 5.69 Å². The van der Waals surface area contributed by atoms with Gasteiger partial charge < -0.3 is 14.8 Å². The molecule has 2 unspecified atom stereocenters. The average molecular weight is 419 g/mol. The standard InChI is InChI=1S/C17H23NO8S.CH4.H2/c1-11(19)13(10-26-17(21)12(2)24-3)9-16(20)18-14-7-5-6-8-15(14)27(22,23)25-4;;/h5-8,12-13H,9-10H2,1-4H3,(H,18,20);1H4;1H. The number of carbonyl (C=O) groups is 3. The normalized spacial score (nSPS) is 13.0. The van der Waals surface area contributed by atoms with Crippen molar-refractivity contribution in [2.75, 3.05) is 26.1 Å². The predicted molar refractivity (Wildman–Crippen MR) is 104 cm³/mol. The van der Waals surface area contributed by atoms with Crippen molar-refractivity contribution < 1.29 is 37.9 Å². The van der Waals surface area contributed by atoms with Crippen molar-refractivity contribution in [1.29, 1.82) is 0 Å². The highest BCUT2D eigenvalue weighted by atomic mass is 32.2. The molecule has 0 radical (unpaired) electrons. The van der Waals surface area contributed by atoms with E-state index in [-0.39, 0.29) is 38.2 Å². The highest BCUT2D eigenvalue weighted by molar-refractivity contribution is 7.87. The third-order valence-corrected chi connectivity index (χ3v) is 5.10. The fourth-order valence-corrected chi connectivity index (χ4v) is 2.83. The first-order chi connectivity index (χ1) is 12.6. The lowest BCUT2D eigenvalue weighted by atomic mass is 10.0. The van der Waals surface area contributed by atoms with Crippen molar-refractivity contribution in [1.82, 2.24) is 0 Å². The van der Waals surface area contributed by atoms with Crippen molar-refractivity contribution >= 4 is 33.5 Å². The number of esters is 1. The Morgan fingerprint density at radius 3 is 2.32 bits per heavy atom. The molecule has 1 amide bonds. The number of benzene rings is 1. The van der Waals surface area contributed by atoms with Crippen LogP contribution < -0.4 is 5.32 Å². The minimum Gasteiger partial charge on any atom is -0.463 e. The molecule has 1 aromatic rings. The van der Waals surface area contributed by atoms with E-state index in [1.54, 1.807) is 6.07 Å². The lowest BCUT2D eigenvalue weighted by Gasteiger charge is -2.16. The summed E-state index contributed by atoms with van der Waals surface area (Å²) in [5.74, 6) is -2.48. The molecule has 1 aromatic carbocycles. The number of anilines is 1. The smallest absolute Gasteiger partial charge is 0.334 e. The minimum atomic E-state index is -4.02. The van der Waals surface area contributed by atoms with E-state index >= 15 is 0 Å². The quantitative estimate of drug-likeness (QED) is 0.451. The average Bonchev–Trinajstić information content (AvgIpc) is 2.64. The zero-order valence-electron chi connectivity index (χ0n) is 15.6. The predicted octanol–water partition coefficient (Wildman–Crippen LogP) is 2.02. The molecule has 0 heterocycles. The highest BCUT2D eigenvalue weighted by Crippen LogP contribution is 2.23. The van der Waals surface area contributed by atoms with Crippen molar-refractivity contribution in [2.24, 2.45) is 5.92 Å². The summed E-state index contributed by atoms with van der Waals surface area (Å²) >= 11 is 0. The van der Waals surface area contributed by atoms with Gasteiger partial charge in [0.25, 0.3) is 10.1 Å². The zero-order chi connectivity index (χ0) is 20.6. The van der Waals surface area contributed by atoms with Crippen molar-refractivity contribution in [3.63, 3.8) is 0 Å². The molecule has 1 N–H and O–H groups in total. The maximum atomic E-state index is 12.3. The first-order valence-corrected chi connectivity index (χ1v) is 9.42. The molecule has 0 fully saturated rings. The van der Waals surface area contributed by atoms with Crippen LogP contribution in [-0.2, 0) is 38.2 Å². The largest absolute Gasteiger partial charge is 0.463 e. The molecule has 0 bridgehead atoms. The van der Waals surface area contributed by atoms with E-state index in [9.17, 15) is 22.8 Å². The molecular weight excluding hydrogens is 390 g/mol. The van der Waals surface area contributed by atoms with Gasteiger partial charge in [0.05, 0.1) is 18.7 Å². The van der Waals surface area contributed by atoms with Gasteiger partial charge in [-0.05, 0) is 26.0 Å². The fraction of sp³-hybridized carbons (Fsp3) is 0.500. The number of nitrogens with one attached hydrogen (secondary N) is 1. The Labute approximate surface area is 167 Å². The highest BCUT2D eigenvalue weighted by Gasteiger charge is 2.24. The van der Waals surface area contributed by atoms with E-state index < -0.39 is 34.0 Å². The first kappa shape index (κ1) is 25.7. The lowest BCUT2D eigenvalue weighted by molar-refractivity contribution is -0.156. The number of amides is 1. The summed E-state index contributed by atoms with van der Waals surface area (Å²) in [4.78, 5) is 35.4. The third kappa shape index (κ3) is 7.37. The van der Waals surface area contributed by atoms with Gasteiger partial charge in [-0.15, -0.1) is 0 Å². The number of rotatable bonds is 10. The van der Waals surface area contributed by atoms with Gasteiger partial charge in [-0.1, -0.05) is 19.6 Å². The number of ether oxygens (including phenoxy) is 2. The summed E-state index contributed by atoms with van der Waals surface area (Å²) in [7, 11) is -1.67. The number of ketones is 1. The van der Waals surface area contributed by atoms with Crippen molar-refractivity contribution in [3.8, 4) is 0 Å². The molecule has 1 rings (SSSR count). The van der Waals surface area contributed by atoms with Gasteiger partial charge >= 0.3 is 5.97 Å². The van der Waals surface area contributed by atoms with Crippen LogP contribution in [0.25, 0.3) is 0 Å². The van der Waals surface area contributed by atoms with Crippen molar-refractivity contribution in [3.05, 3.63) is 24.3 Å². The van der Waals surface area contributed by atoms with Crippen LogP contribution in [-0.4, -0.2) is 53.0 Å². The Hall–Kier alpha value is -2.30. The van der Waals surface area contributed by atoms with Crippen LogP contribution in [0, 0.1) is 5.92 Å². The van der Waals surface area contributed by atoms with Gasteiger partial charge in [-0.3, -0.25) is 13.8 Å². The summed E-state index contributed by atoms with van der Waals surface area (Å²) in [5, 5.41) is 2.44. The first-order valence-electron chi connectivity index (χ1n) is 8.01. The number of methoxy groups -OCH3 is 1. The number of hydrogen-bond acceptors (Lipinski definition) is 8. The zero-order valence-corrected chi connectivity index (χ0v) is 16.4. The molecule has 0 spiro atoms. The van der Waals surface area contributed by atoms with Crippen LogP contribution in [0.5, 0.6) is 0 Å². The minimum absolute atomic E-state index is 0. The van der Waals surface area contributed by atoms with E-state index in [0.29, 0.717) is 0 Å². The molecule has 2 atom stereocenters. The fourth-order valence-electron chi connectivity index (χ4n) is 2.02. The number of hydrogen-bond donors (Lipinski definition) is 1. The molecule has 0 saturated heterocycles. The van der Waals surface area contributed by atoms with E-state index in [0.717, 1.165) is 7.11 Å². The van der Waals surface area contributed by atoms with Crippen LogP contribution >= 0.6 is 0 Å². The van der Waals surface area contributed by atoms with Crippen molar-refractivity contribution in [2.45, 2.75) is 38.7 Å². The van der Waals surface area contributed by atoms with Gasteiger partial charge in [0.2, 0.25) is 5.91 Å². The molecule has 160 valence electrons. The summed E-state index contributed by atoms with van der Waals surface area (Å²) in [6.45, 7) is 2.48. The van der Waals surface area contributed by atoms with Crippen LogP contribution in [0.3, 0.4) is 0 Å². The summed E-state index contributed by atoms with van der Waals surface area (Å²) in [6.07, 6.45) is -1.08. The van der Waals surface area contributed by atoms with Crippen LogP contribution in [0.1, 0.15) is 29.1 Å². The number of Topliss-reactive ketones (excluding diaryl/α,β-unsaturated/α-hetero) is 1. The second kappa shape index (κ2) is 11.5. The lowest BCUT2D eigenvalue weighted by Crippen LogP contribution is -2.29. The Morgan fingerprint density at radius 1 is 1.18 bits per heavy atom. The molecule has 0 aliphatic heterocycles. The topological polar surface area (TPSA) is 125 Å². The Kier molecular flexibility index (Phi) is 10.6. The maximum Gasteiger partial charge on any atom is 0.334 e. The Morgan fingerprint density at radius 2 is 1.79 bits per heavy atom. The summed E-state index contributed by atoms with van der Waals surface area (Å²) < 4.78 is 38.1. The molecule has 0 saturated carbocycles. The van der Waals surface area contributed by atoms with Crippen LogP contribution in [0.2, 0.25) is 0 Å². The van der Waals surface area contributed by atoms with E-state index in [4.69, 9.17) is 9.47 Å². The molecule has 10 heteroatoms. The van der Waals surface area contributed by atoms with Crippen LogP contribution in [0.15, 0.2) is 29.2 Å². The van der Waals surface area contributed by atoms with E-state index in [1.807, 2.05) is 0 Å². The molecule has 0 aliphatic rings. The summed E-state index contributed by atoms with van der Waals surface area (Å²) in [5.41, 5.74) is 0.0247. The van der Waals surface area contributed by atoms with Gasteiger partial charge in [-0.2, -0.15) is 8.42 Å². The molecule has 28 heavy (non-hydrogen) atoms. The van der Waals surface area contributed by atoms with Gasteiger partial charge in [-0.25, -0.2) is 4.79 Å². The molecular formula is C18H29NO8S. The number of para-hydroxylation sites is 1. The summed E-state index contributed by atoms with van der Waals surface area (Å²) in [6, 6.07) is 5.70. The third-order valence-electron chi connectivity index (χ3n) is 3.77. The van der Waals surface area contributed by atoms with Gasteiger partial charge in [0.15, 0.2) is 6.10 Å². The SMILES string of the molecule is C.COC(C)C(=O)OCC(CC(=O)Nc1ccccc1S(=O)(=O)OC)C(C)=O.[HH]. The monoisotopic (exact) mass is 419 g/mol. The van der Waals surface area contributed by atoms with E-state index in [1.165, 1.54) is 39.2 Å². The molecule has 9 nitrogen and oxygen atoms in total. The van der Waals surface area contributed by atoms with Gasteiger partial charge in [0.1, 0.15) is 17.3 Å². The van der Waals surface area contributed by atoms with E-state index in [2.05, 4.69) is 9.50 Å². The number of carbonyl (C=O) groups excluding carboxylic acids is 3. The molecule has 0 aliphatic carbocycles. The Balaban J connectivity index is 0. The van der Waals surface area contributed by atoms with Gasteiger partial charge in [0, 0.05) is 15.0 Å².